The first-order valence-electron chi connectivity index (χ1n) is 8.33. The Bertz CT molecular complexity index is 645. The molecule has 1 N–H and O–H groups in total. The van der Waals surface area contributed by atoms with Crippen LogP contribution < -0.4 is 10.1 Å². The summed E-state index contributed by atoms with van der Waals surface area (Å²) in [6, 6.07) is 5.87. The van der Waals surface area contributed by atoms with E-state index >= 15 is 0 Å². The van der Waals surface area contributed by atoms with Gasteiger partial charge in [0.1, 0.15) is 11.3 Å². The second-order valence-electron chi connectivity index (χ2n) is 6.59. The molecule has 1 amide bonds. The Morgan fingerprint density at radius 2 is 2.04 bits per heavy atom. The first-order chi connectivity index (χ1) is 11.0. The molecule has 23 heavy (non-hydrogen) atoms. The monoisotopic (exact) mass is 317 g/mol. The van der Waals surface area contributed by atoms with E-state index in [0.29, 0.717) is 12.3 Å². The first kappa shape index (κ1) is 17.4. The maximum Gasteiger partial charge on any atom is 0.224 e. The summed E-state index contributed by atoms with van der Waals surface area (Å²) in [5, 5.41) is 4.04. The molecule has 0 aliphatic rings. The molecule has 0 spiro atoms. The normalized spacial score (nSPS) is 12.6. The van der Waals surface area contributed by atoms with Crippen molar-refractivity contribution in [3.05, 3.63) is 30.0 Å². The van der Waals surface area contributed by atoms with Crippen LogP contribution in [0.25, 0.3) is 11.0 Å². The SMILES string of the molecule is COc1ccc2c(CC(=O)N[C@H](C)CCCC(C)C)coc2c1. The van der Waals surface area contributed by atoms with Crippen molar-refractivity contribution in [2.24, 2.45) is 5.92 Å². The molecule has 0 saturated carbocycles. The van der Waals surface area contributed by atoms with E-state index in [1.54, 1.807) is 13.4 Å². The number of methoxy groups -OCH3 is 1. The number of hydrogen-bond donors (Lipinski definition) is 1. The largest absolute Gasteiger partial charge is 0.497 e. The number of benzene rings is 1. The van der Waals surface area contributed by atoms with Crippen molar-refractivity contribution in [2.75, 3.05) is 7.11 Å². The highest BCUT2D eigenvalue weighted by molar-refractivity contribution is 5.88. The van der Waals surface area contributed by atoms with Crippen molar-refractivity contribution in [3.63, 3.8) is 0 Å². The number of carbonyl (C=O) groups excluding carboxylic acids is 1. The summed E-state index contributed by atoms with van der Waals surface area (Å²) in [4.78, 5) is 12.2. The highest BCUT2D eigenvalue weighted by Crippen LogP contribution is 2.25. The Hall–Kier alpha value is -1.97. The summed E-state index contributed by atoms with van der Waals surface area (Å²) in [5.41, 5.74) is 1.66. The summed E-state index contributed by atoms with van der Waals surface area (Å²) >= 11 is 0. The number of rotatable bonds is 8. The van der Waals surface area contributed by atoms with Gasteiger partial charge >= 0.3 is 0 Å². The second-order valence-corrected chi connectivity index (χ2v) is 6.59. The van der Waals surface area contributed by atoms with Gasteiger partial charge in [-0.25, -0.2) is 0 Å². The Morgan fingerprint density at radius 1 is 1.26 bits per heavy atom. The maximum atomic E-state index is 12.2. The van der Waals surface area contributed by atoms with Gasteiger partial charge in [-0.1, -0.05) is 26.7 Å². The van der Waals surface area contributed by atoms with Crippen molar-refractivity contribution in [2.45, 2.75) is 52.5 Å². The minimum atomic E-state index is 0.0422. The van der Waals surface area contributed by atoms with Gasteiger partial charge < -0.3 is 14.5 Å². The molecule has 0 aliphatic heterocycles. The summed E-state index contributed by atoms with van der Waals surface area (Å²) in [7, 11) is 1.62. The Kier molecular flexibility index (Phi) is 6.08. The molecular weight excluding hydrogens is 290 g/mol. The first-order valence-corrected chi connectivity index (χ1v) is 8.33. The van der Waals surface area contributed by atoms with Crippen LogP contribution in [0, 0.1) is 5.92 Å². The van der Waals surface area contributed by atoms with Crippen molar-refractivity contribution < 1.29 is 13.9 Å². The van der Waals surface area contributed by atoms with E-state index in [1.807, 2.05) is 18.2 Å². The van der Waals surface area contributed by atoms with Crippen LogP contribution in [0.15, 0.2) is 28.9 Å². The molecule has 1 heterocycles. The number of amides is 1. The van der Waals surface area contributed by atoms with Crippen LogP contribution in [-0.4, -0.2) is 19.1 Å². The lowest BCUT2D eigenvalue weighted by Crippen LogP contribution is -2.33. The fraction of sp³-hybridized carbons (Fsp3) is 0.526. The fourth-order valence-electron chi connectivity index (χ4n) is 2.73. The van der Waals surface area contributed by atoms with E-state index in [4.69, 9.17) is 9.15 Å². The van der Waals surface area contributed by atoms with Gasteiger partial charge in [0.2, 0.25) is 5.91 Å². The van der Waals surface area contributed by atoms with Gasteiger partial charge in [-0.05, 0) is 31.4 Å². The molecule has 0 saturated heterocycles. The van der Waals surface area contributed by atoms with Crippen molar-refractivity contribution >= 4 is 16.9 Å². The third-order valence-electron chi connectivity index (χ3n) is 4.04. The molecule has 4 heteroatoms. The van der Waals surface area contributed by atoms with E-state index in [1.165, 1.54) is 6.42 Å². The van der Waals surface area contributed by atoms with Crippen LogP contribution in [0.5, 0.6) is 5.75 Å². The summed E-state index contributed by atoms with van der Waals surface area (Å²) < 4.78 is 10.7. The molecule has 0 bridgehead atoms. The molecule has 1 aromatic heterocycles. The molecule has 0 aliphatic carbocycles. The number of furan rings is 1. The second kappa shape index (κ2) is 8.04. The molecule has 1 aromatic carbocycles. The maximum absolute atomic E-state index is 12.2. The van der Waals surface area contributed by atoms with Gasteiger partial charge in [-0.15, -0.1) is 0 Å². The predicted molar refractivity (Wildman–Crippen MR) is 92.8 cm³/mol. The molecule has 2 aromatic rings. The number of fused-ring (bicyclic) bond motifs is 1. The zero-order chi connectivity index (χ0) is 16.8. The highest BCUT2D eigenvalue weighted by atomic mass is 16.5. The lowest BCUT2D eigenvalue weighted by molar-refractivity contribution is -0.121. The lowest BCUT2D eigenvalue weighted by atomic mass is 10.0. The highest BCUT2D eigenvalue weighted by Gasteiger charge is 2.13. The number of carbonyl (C=O) groups is 1. The quantitative estimate of drug-likeness (QED) is 0.789. The van der Waals surface area contributed by atoms with Gasteiger partial charge in [-0.3, -0.25) is 4.79 Å². The van der Waals surface area contributed by atoms with E-state index in [0.717, 1.165) is 35.1 Å². The van der Waals surface area contributed by atoms with Crippen LogP contribution >= 0.6 is 0 Å². The Morgan fingerprint density at radius 3 is 2.74 bits per heavy atom. The molecular formula is C19H27NO3. The smallest absolute Gasteiger partial charge is 0.224 e. The molecule has 0 unspecified atom stereocenters. The number of hydrogen-bond acceptors (Lipinski definition) is 3. The third-order valence-corrected chi connectivity index (χ3v) is 4.04. The van der Waals surface area contributed by atoms with Crippen LogP contribution in [-0.2, 0) is 11.2 Å². The zero-order valence-electron chi connectivity index (χ0n) is 14.5. The molecule has 1 atom stereocenters. The van der Waals surface area contributed by atoms with Gasteiger partial charge in [0.25, 0.3) is 0 Å². The van der Waals surface area contributed by atoms with E-state index in [9.17, 15) is 4.79 Å². The van der Waals surface area contributed by atoms with Crippen molar-refractivity contribution in [1.82, 2.24) is 5.32 Å². The Balaban J connectivity index is 1.90. The fourth-order valence-corrected chi connectivity index (χ4v) is 2.73. The van der Waals surface area contributed by atoms with Gasteiger partial charge in [0.15, 0.2) is 0 Å². The average Bonchev–Trinajstić information content (AvgIpc) is 2.88. The van der Waals surface area contributed by atoms with Crippen LogP contribution in [0.3, 0.4) is 0 Å². The summed E-state index contributed by atoms with van der Waals surface area (Å²) in [6.45, 7) is 6.51. The van der Waals surface area contributed by atoms with Crippen molar-refractivity contribution in [1.29, 1.82) is 0 Å². The van der Waals surface area contributed by atoms with Crippen LogP contribution in [0.2, 0.25) is 0 Å². The number of ether oxygens (including phenoxy) is 1. The Labute approximate surface area is 138 Å². The van der Waals surface area contributed by atoms with Gasteiger partial charge in [0, 0.05) is 23.1 Å². The predicted octanol–water partition coefficient (Wildman–Crippen LogP) is 4.31. The number of nitrogens with one attached hydrogen (secondary N) is 1. The van der Waals surface area contributed by atoms with Gasteiger partial charge in [0.05, 0.1) is 19.8 Å². The molecule has 0 fully saturated rings. The average molecular weight is 317 g/mol. The van der Waals surface area contributed by atoms with Crippen LogP contribution in [0.4, 0.5) is 0 Å². The van der Waals surface area contributed by atoms with E-state index in [2.05, 4.69) is 26.1 Å². The molecule has 2 rings (SSSR count). The minimum Gasteiger partial charge on any atom is -0.497 e. The third kappa shape index (κ3) is 5.02. The van der Waals surface area contributed by atoms with E-state index in [-0.39, 0.29) is 11.9 Å². The minimum absolute atomic E-state index is 0.0422. The standard InChI is InChI=1S/C19H27NO3/c1-13(2)6-5-7-14(3)20-19(21)10-15-12-23-18-11-16(22-4)8-9-17(15)18/h8-9,11-14H,5-7,10H2,1-4H3,(H,20,21)/t14-/m1/s1. The summed E-state index contributed by atoms with van der Waals surface area (Å²) in [5.74, 6) is 1.51. The molecule has 126 valence electrons. The topological polar surface area (TPSA) is 51.5 Å². The molecule has 4 nitrogen and oxygen atoms in total. The van der Waals surface area contributed by atoms with E-state index < -0.39 is 0 Å². The van der Waals surface area contributed by atoms with Crippen molar-refractivity contribution in [3.8, 4) is 5.75 Å². The zero-order valence-corrected chi connectivity index (χ0v) is 14.5. The van der Waals surface area contributed by atoms with Gasteiger partial charge in [-0.2, -0.15) is 0 Å². The van der Waals surface area contributed by atoms with Crippen LogP contribution in [0.1, 0.15) is 45.6 Å². The molecule has 0 radical (unpaired) electrons. The summed E-state index contributed by atoms with van der Waals surface area (Å²) in [6.07, 6.45) is 5.37. The lowest BCUT2D eigenvalue weighted by Gasteiger charge is -2.14.